The van der Waals surface area contributed by atoms with Gasteiger partial charge < -0.3 is 9.88 Å². The van der Waals surface area contributed by atoms with E-state index in [1.54, 1.807) is 0 Å². The summed E-state index contributed by atoms with van der Waals surface area (Å²) in [5.41, 5.74) is 3.36. The molecule has 1 aromatic carbocycles. The van der Waals surface area contributed by atoms with Crippen LogP contribution in [0.5, 0.6) is 0 Å². The zero-order valence-corrected chi connectivity index (χ0v) is 10.4. The molecule has 0 fully saturated rings. The van der Waals surface area contributed by atoms with E-state index in [0.717, 1.165) is 23.3 Å². The molecule has 0 radical (unpaired) electrons. The Morgan fingerprint density at radius 1 is 1.47 bits per heavy atom. The molecule has 0 saturated carbocycles. The number of amides is 1. The molecule has 0 spiro atoms. The van der Waals surface area contributed by atoms with Gasteiger partial charge in [-0.2, -0.15) is 0 Å². The molecule has 4 heteroatoms. The first-order valence-electron chi connectivity index (χ1n) is 5.74. The molecule has 0 atom stereocenters. The molecule has 0 aliphatic heterocycles. The Kier molecular flexibility index (Phi) is 3.13. The number of aromatic nitrogens is 2. The summed E-state index contributed by atoms with van der Waals surface area (Å²) >= 11 is 0. The monoisotopic (exact) mass is 231 g/mol. The summed E-state index contributed by atoms with van der Waals surface area (Å²) in [4.78, 5) is 15.3. The van der Waals surface area contributed by atoms with Gasteiger partial charge in [0, 0.05) is 20.5 Å². The van der Waals surface area contributed by atoms with Gasteiger partial charge in [-0.05, 0) is 31.0 Å². The van der Waals surface area contributed by atoms with Gasteiger partial charge in [0.25, 0.3) is 0 Å². The van der Waals surface area contributed by atoms with Crippen molar-refractivity contribution in [2.75, 3.05) is 6.54 Å². The van der Waals surface area contributed by atoms with Gasteiger partial charge >= 0.3 is 0 Å². The molecule has 1 amide bonds. The first-order chi connectivity index (χ1) is 8.08. The Balaban J connectivity index is 2.17. The fourth-order valence-electron chi connectivity index (χ4n) is 1.90. The van der Waals surface area contributed by atoms with Gasteiger partial charge in [-0.3, -0.25) is 4.79 Å². The molecule has 1 aromatic heterocycles. The van der Waals surface area contributed by atoms with E-state index in [1.165, 1.54) is 12.5 Å². The maximum atomic E-state index is 10.8. The van der Waals surface area contributed by atoms with Crippen LogP contribution in [0, 0.1) is 6.92 Å². The molecule has 17 heavy (non-hydrogen) atoms. The maximum Gasteiger partial charge on any atom is 0.216 e. The van der Waals surface area contributed by atoms with Gasteiger partial charge in [0.05, 0.1) is 11.0 Å². The molecule has 90 valence electrons. The third-order valence-corrected chi connectivity index (χ3v) is 2.96. The number of imidazole rings is 1. The molecule has 0 bridgehead atoms. The second-order valence-corrected chi connectivity index (χ2v) is 4.27. The number of nitrogens with zero attached hydrogens (tertiary/aromatic N) is 2. The lowest BCUT2D eigenvalue weighted by molar-refractivity contribution is -0.118. The highest BCUT2D eigenvalue weighted by atomic mass is 16.1. The van der Waals surface area contributed by atoms with Crippen LogP contribution in [-0.2, 0) is 18.3 Å². The summed E-state index contributed by atoms with van der Waals surface area (Å²) in [6.45, 7) is 4.20. The molecule has 0 saturated heterocycles. The van der Waals surface area contributed by atoms with Gasteiger partial charge in [-0.25, -0.2) is 4.98 Å². The van der Waals surface area contributed by atoms with E-state index in [9.17, 15) is 4.79 Å². The van der Waals surface area contributed by atoms with Crippen LogP contribution in [0.1, 0.15) is 18.3 Å². The lowest BCUT2D eigenvalue weighted by Crippen LogP contribution is -2.22. The lowest BCUT2D eigenvalue weighted by Gasteiger charge is -2.03. The van der Waals surface area contributed by atoms with Crippen LogP contribution in [-0.4, -0.2) is 22.0 Å². The highest BCUT2D eigenvalue weighted by Gasteiger charge is 2.04. The van der Waals surface area contributed by atoms with E-state index in [0.29, 0.717) is 6.54 Å². The molecule has 0 aliphatic carbocycles. The van der Waals surface area contributed by atoms with Crippen LogP contribution in [0.25, 0.3) is 11.0 Å². The molecular weight excluding hydrogens is 214 g/mol. The largest absolute Gasteiger partial charge is 0.356 e. The Morgan fingerprint density at radius 3 is 2.94 bits per heavy atom. The van der Waals surface area contributed by atoms with E-state index in [2.05, 4.69) is 33.1 Å². The number of fused-ring (bicyclic) bond motifs is 1. The highest BCUT2D eigenvalue weighted by molar-refractivity contribution is 5.77. The number of hydrogen-bond donors (Lipinski definition) is 1. The second-order valence-electron chi connectivity index (χ2n) is 4.27. The quantitative estimate of drug-likeness (QED) is 0.871. The molecule has 2 rings (SSSR count). The Morgan fingerprint density at radius 2 is 2.24 bits per heavy atom. The van der Waals surface area contributed by atoms with Crippen molar-refractivity contribution in [1.29, 1.82) is 0 Å². The van der Waals surface area contributed by atoms with Crippen LogP contribution in [0.3, 0.4) is 0 Å². The fourth-order valence-corrected chi connectivity index (χ4v) is 1.90. The van der Waals surface area contributed by atoms with Gasteiger partial charge in [-0.15, -0.1) is 0 Å². The number of benzene rings is 1. The number of rotatable bonds is 3. The number of aryl methyl sites for hydroxylation is 2. The van der Waals surface area contributed by atoms with Crippen molar-refractivity contribution in [2.24, 2.45) is 7.05 Å². The number of hydrogen-bond acceptors (Lipinski definition) is 2. The minimum absolute atomic E-state index is 0.0137. The van der Waals surface area contributed by atoms with Crippen molar-refractivity contribution >= 4 is 16.9 Å². The van der Waals surface area contributed by atoms with Gasteiger partial charge in [0.2, 0.25) is 5.91 Å². The summed E-state index contributed by atoms with van der Waals surface area (Å²) in [7, 11) is 2.02. The van der Waals surface area contributed by atoms with Gasteiger partial charge in [-0.1, -0.05) is 6.07 Å². The fraction of sp³-hybridized carbons (Fsp3) is 0.385. The predicted molar refractivity (Wildman–Crippen MR) is 67.8 cm³/mol. The molecule has 1 N–H and O–H groups in total. The zero-order chi connectivity index (χ0) is 12.4. The predicted octanol–water partition coefficient (Wildman–Crippen LogP) is 1.56. The minimum atomic E-state index is 0.0137. The Labute approximate surface area is 101 Å². The molecular formula is C13H17N3O. The summed E-state index contributed by atoms with van der Waals surface area (Å²) < 4.78 is 2.08. The summed E-state index contributed by atoms with van der Waals surface area (Å²) in [6.07, 6.45) is 0.838. The third-order valence-electron chi connectivity index (χ3n) is 2.96. The maximum absolute atomic E-state index is 10.8. The summed E-state index contributed by atoms with van der Waals surface area (Å²) in [6, 6.07) is 6.26. The molecule has 0 aliphatic rings. The second kappa shape index (κ2) is 4.57. The molecule has 0 unspecified atom stereocenters. The number of carbonyl (C=O) groups is 1. The molecule has 2 aromatic rings. The average molecular weight is 231 g/mol. The van der Waals surface area contributed by atoms with E-state index >= 15 is 0 Å². The molecule has 4 nitrogen and oxygen atoms in total. The first-order valence-corrected chi connectivity index (χ1v) is 5.74. The van der Waals surface area contributed by atoms with E-state index in [-0.39, 0.29) is 5.91 Å². The van der Waals surface area contributed by atoms with Crippen molar-refractivity contribution in [3.8, 4) is 0 Å². The topological polar surface area (TPSA) is 46.9 Å². The van der Waals surface area contributed by atoms with Crippen LogP contribution >= 0.6 is 0 Å². The normalized spacial score (nSPS) is 10.8. The summed E-state index contributed by atoms with van der Waals surface area (Å²) in [5.74, 6) is 1.03. The van der Waals surface area contributed by atoms with E-state index in [4.69, 9.17) is 0 Å². The van der Waals surface area contributed by atoms with Crippen LogP contribution < -0.4 is 5.32 Å². The van der Waals surface area contributed by atoms with Crippen molar-refractivity contribution in [2.45, 2.75) is 20.3 Å². The van der Waals surface area contributed by atoms with Crippen LogP contribution in [0.4, 0.5) is 0 Å². The van der Waals surface area contributed by atoms with Crippen molar-refractivity contribution in [3.05, 3.63) is 29.6 Å². The smallest absolute Gasteiger partial charge is 0.216 e. The highest BCUT2D eigenvalue weighted by Crippen LogP contribution is 2.16. The lowest BCUT2D eigenvalue weighted by atomic mass is 10.1. The van der Waals surface area contributed by atoms with Crippen LogP contribution in [0.2, 0.25) is 0 Å². The van der Waals surface area contributed by atoms with Gasteiger partial charge in [0.1, 0.15) is 5.82 Å². The van der Waals surface area contributed by atoms with E-state index < -0.39 is 0 Å². The number of carbonyl (C=O) groups excluding carboxylic acids is 1. The van der Waals surface area contributed by atoms with Crippen molar-refractivity contribution in [3.63, 3.8) is 0 Å². The Bertz CT molecular complexity index is 557. The first kappa shape index (κ1) is 11.6. The summed E-state index contributed by atoms with van der Waals surface area (Å²) in [5, 5.41) is 2.79. The third kappa shape index (κ3) is 2.46. The molecule has 1 heterocycles. The number of nitrogens with one attached hydrogen (secondary N) is 1. The Hall–Kier alpha value is -1.84. The zero-order valence-electron chi connectivity index (χ0n) is 10.4. The van der Waals surface area contributed by atoms with E-state index in [1.807, 2.05) is 14.0 Å². The minimum Gasteiger partial charge on any atom is -0.356 e. The standard InChI is InChI=1S/C13H17N3O/c1-9-15-12-8-11(6-7-14-10(2)17)4-5-13(12)16(9)3/h4-5,8H,6-7H2,1-3H3,(H,14,17). The average Bonchev–Trinajstić information content (AvgIpc) is 2.54. The van der Waals surface area contributed by atoms with Crippen LogP contribution in [0.15, 0.2) is 18.2 Å². The van der Waals surface area contributed by atoms with Crippen molar-refractivity contribution < 1.29 is 4.79 Å². The van der Waals surface area contributed by atoms with Crippen molar-refractivity contribution in [1.82, 2.24) is 14.9 Å². The SMILES string of the molecule is CC(=O)NCCc1ccc2c(c1)nc(C)n2C. The van der Waals surface area contributed by atoms with Gasteiger partial charge in [0.15, 0.2) is 0 Å².